The summed E-state index contributed by atoms with van der Waals surface area (Å²) in [5.74, 6) is 1.02. The number of rotatable bonds is 0. The molecule has 2 saturated carbocycles. The van der Waals surface area contributed by atoms with Gasteiger partial charge in [-0.05, 0) is 37.0 Å². The molecule has 0 heterocycles. The summed E-state index contributed by atoms with van der Waals surface area (Å²) >= 11 is 6.12. The van der Waals surface area contributed by atoms with Gasteiger partial charge in [0, 0.05) is 0 Å². The van der Waals surface area contributed by atoms with E-state index in [1.165, 1.54) is 6.42 Å². The Morgan fingerprint density at radius 3 is 2.33 bits per heavy atom. The van der Waals surface area contributed by atoms with Crippen LogP contribution in [-0.4, -0.2) is 16.1 Å². The Morgan fingerprint density at radius 2 is 1.83 bits per heavy atom. The SMILES string of the molecule is CC1(C)C[C@H]2C(Cl)[C@@](C)(O)[C@H]2C1. The van der Waals surface area contributed by atoms with E-state index in [-0.39, 0.29) is 5.38 Å². The summed E-state index contributed by atoms with van der Waals surface area (Å²) in [7, 11) is 0. The summed E-state index contributed by atoms with van der Waals surface area (Å²) in [5, 5.41) is 9.94. The van der Waals surface area contributed by atoms with E-state index in [2.05, 4.69) is 13.8 Å². The molecular weight excluding hydrogens is 172 g/mol. The van der Waals surface area contributed by atoms with E-state index in [4.69, 9.17) is 11.6 Å². The number of hydrogen-bond donors (Lipinski definition) is 1. The lowest BCUT2D eigenvalue weighted by atomic mass is 9.63. The molecule has 1 nitrogen and oxygen atoms in total. The zero-order valence-electron chi connectivity index (χ0n) is 7.97. The third kappa shape index (κ3) is 0.958. The maximum atomic E-state index is 9.95. The minimum absolute atomic E-state index is 0.00993. The van der Waals surface area contributed by atoms with Crippen LogP contribution in [0.2, 0.25) is 0 Å². The minimum atomic E-state index is -0.597. The van der Waals surface area contributed by atoms with Crippen LogP contribution in [0.5, 0.6) is 0 Å². The van der Waals surface area contributed by atoms with E-state index >= 15 is 0 Å². The maximum absolute atomic E-state index is 9.95. The molecule has 0 aromatic rings. The largest absolute Gasteiger partial charge is 0.388 e. The predicted octanol–water partition coefficient (Wildman–Crippen LogP) is 2.41. The van der Waals surface area contributed by atoms with Crippen LogP contribution in [-0.2, 0) is 0 Å². The average Bonchev–Trinajstić information content (AvgIpc) is 2.24. The Morgan fingerprint density at radius 1 is 1.25 bits per heavy atom. The van der Waals surface area contributed by atoms with Crippen molar-refractivity contribution in [2.45, 2.75) is 44.6 Å². The van der Waals surface area contributed by atoms with Gasteiger partial charge in [0.2, 0.25) is 0 Å². The normalized spacial score (nSPS) is 56.2. The molecule has 1 N–H and O–H groups in total. The van der Waals surface area contributed by atoms with Crippen LogP contribution in [0.4, 0.5) is 0 Å². The van der Waals surface area contributed by atoms with Gasteiger partial charge in [-0.25, -0.2) is 0 Å². The topological polar surface area (TPSA) is 20.2 Å². The van der Waals surface area contributed by atoms with Gasteiger partial charge in [-0.3, -0.25) is 0 Å². The zero-order valence-corrected chi connectivity index (χ0v) is 8.73. The van der Waals surface area contributed by atoms with Gasteiger partial charge in [-0.15, -0.1) is 11.6 Å². The quantitative estimate of drug-likeness (QED) is 0.579. The van der Waals surface area contributed by atoms with Gasteiger partial charge < -0.3 is 5.11 Å². The van der Waals surface area contributed by atoms with Crippen molar-refractivity contribution < 1.29 is 5.11 Å². The lowest BCUT2D eigenvalue weighted by Gasteiger charge is -2.51. The van der Waals surface area contributed by atoms with E-state index in [1.807, 2.05) is 6.92 Å². The van der Waals surface area contributed by atoms with Crippen molar-refractivity contribution in [3.05, 3.63) is 0 Å². The second-order valence-corrected chi connectivity index (χ2v) is 5.94. The summed E-state index contributed by atoms with van der Waals surface area (Å²) < 4.78 is 0. The highest BCUT2D eigenvalue weighted by Gasteiger charge is 2.62. The average molecular weight is 189 g/mol. The first-order valence-corrected chi connectivity index (χ1v) is 5.15. The lowest BCUT2D eigenvalue weighted by molar-refractivity contribution is -0.104. The van der Waals surface area contributed by atoms with Gasteiger partial charge >= 0.3 is 0 Å². The Bertz CT molecular complexity index is 210. The molecule has 0 amide bonds. The molecule has 4 atom stereocenters. The summed E-state index contributed by atoms with van der Waals surface area (Å²) in [6.45, 7) is 6.42. The van der Waals surface area contributed by atoms with E-state index < -0.39 is 5.60 Å². The van der Waals surface area contributed by atoms with Crippen LogP contribution in [0, 0.1) is 17.3 Å². The second-order valence-electron chi connectivity index (χ2n) is 5.47. The molecule has 0 aliphatic heterocycles. The number of fused-ring (bicyclic) bond motifs is 1. The van der Waals surface area contributed by atoms with Gasteiger partial charge in [0.25, 0.3) is 0 Å². The molecule has 0 aromatic carbocycles. The van der Waals surface area contributed by atoms with Crippen molar-refractivity contribution in [2.75, 3.05) is 0 Å². The van der Waals surface area contributed by atoms with E-state index in [1.54, 1.807) is 0 Å². The Hall–Kier alpha value is 0.250. The van der Waals surface area contributed by atoms with Gasteiger partial charge in [0.1, 0.15) is 0 Å². The fraction of sp³-hybridized carbons (Fsp3) is 1.00. The van der Waals surface area contributed by atoms with Gasteiger partial charge in [-0.1, -0.05) is 13.8 Å². The number of alkyl halides is 1. The highest BCUT2D eigenvalue weighted by atomic mass is 35.5. The molecule has 1 unspecified atom stereocenters. The fourth-order valence-corrected chi connectivity index (χ4v) is 3.50. The summed E-state index contributed by atoms with van der Waals surface area (Å²) in [6, 6.07) is 0. The van der Waals surface area contributed by atoms with Crippen molar-refractivity contribution in [3.63, 3.8) is 0 Å². The van der Waals surface area contributed by atoms with Crippen molar-refractivity contribution in [1.29, 1.82) is 0 Å². The number of halogens is 1. The third-order valence-electron chi connectivity index (χ3n) is 3.76. The smallest absolute Gasteiger partial charge is 0.0816 e. The van der Waals surface area contributed by atoms with Gasteiger partial charge in [0.05, 0.1) is 11.0 Å². The third-order valence-corrected chi connectivity index (χ3v) is 4.53. The molecule has 0 aromatic heterocycles. The molecule has 12 heavy (non-hydrogen) atoms. The summed E-state index contributed by atoms with van der Waals surface area (Å²) in [4.78, 5) is 0. The Kier molecular flexibility index (Phi) is 1.61. The van der Waals surface area contributed by atoms with Crippen LogP contribution < -0.4 is 0 Å². The van der Waals surface area contributed by atoms with Gasteiger partial charge in [-0.2, -0.15) is 0 Å². The molecule has 2 heteroatoms. The first-order valence-electron chi connectivity index (χ1n) is 4.71. The Labute approximate surface area is 79.1 Å². The molecule has 2 aliphatic rings. The van der Waals surface area contributed by atoms with Crippen molar-refractivity contribution in [2.24, 2.45) is 17.3 Å². The molecular formula is C10H17ClO. The minimum Gasteiger partial charge on any atom is -0.388 e. The van der Waals surface area contributed by atoms with Gasteiger partial charge in [0.15, 0.2) is 0 Å². The van der Waals surface area contributed by atoms with Crippen LogP contribution in [0.25, 0.3) is 0 Å². The van der Waals surface area contributed by atoms with Crippen LogP contribution in [0.15, 0.2) is 0 Å². The highest BCUT2D eigenvalue weighted by molar-refractivity contribution is 6.22. The molecule has 70 valence electrons. The molecule has 0 radical (unpaired) electrons. The number of aliphatic hydroxyl groups is 1. The monoisotopic (exact) mass is 188 g/mol. The summed E-state index contributed by atoms with van der Waals surface area (Å²) in [6.07, 6.45) is 2.32. The molecule has 2 aliphatic carbocycles. The van der Waals surface area contributed by atoms with E-state index in [9.17, 15) is 5.11 Å². The molecule has 0 saturated heterocycles. The maximum Gasteiger partial charge on any atom is 0.0816 e. The predicted molar refractivity (Wildman–Crippen MR) is 50.3 cm³/mol. The standard InChI is InChI=1S/C10H17ClO/c1-9(2)4-6-7(5-9)10(3,12)8(6)11/h6-8,12H,4-5H2,1-3H3/t6-,7+,8?,10+/m1/s1. The van der Waals surface area contributed by atoms with Crippen LogP contribution in [0.1, 0.15) is 33.6 Å². The molecule has 0 spiro atoms. The van der Waals surface area contributed by atoms with Crippen molar-refractivity contribution in [3.8, 4) is 0 Å². The number of hydrogen-bond acceptors (Lipinski definition) is 1. The first-order chi connectivity index (χ1) is 5.34. The lowest BCUT2D eigenvalue weighted by Crippen LogP contribution is -2.59. The summed E-state index contributed by atoms with van der Waals surface area (Å²) in [5.41, 5.74) is -0.205. The first kappa shape index (κ1) is 8.83. The fourth-order valence-electron chi connectivity index (χ4n) is 3.08. The van der Waals surface area contributed by atoms with Crippen molar-refractivity contribution >= 4 is 11.6 Å². The molecule has 2 fully saturated rings. The zero-order chi connectivity index (χ0) is 9.15. The highest BCUT2D eigenvalue weighted by Crippen LogP contribution is 2.61. The van der Waals surface area contributed by atoms with E-state index in [0.717, 1.165) is 6.42 Å². The second kappa shape index (κ2) is 2.19. The molecule has 2 rings (SSSR count). The van der Waals surface area contributed by atoms with Crippen LogP contribution in [0.3, 0.4) is 0 Å². The van der Waals surface area contributed by atoms with Crippen molar-refractivity contribution in [1.82, 2.24) is 0 Å². The van der Waals surface area contributed by atoms with Crippen LogP contribution >= 0.6 is 11.6 Å². The Balaban J connectivity index is 2.17. The van der Waals surface area contributed by atoms with E-state index in [0.29, 0.717) is 17.3 Å². The molecule has 0 bridgehead atoms.